The van der Waals surface area contributed by atoms with Crippen molar-refractivity contribution in [2.75, 3.05) is 6.54 Å². The van der Waals surface area contributed by atoms with E-state index in [1.54, 1.807) is 6.92 Å². The summed E-state index contributed by atoms with van der Waals surface area (Å²) in [5.41, 5.74) is -0.619. The van der Waals surface area contributed by atoms with E-state index in [4.69, 9.17) is 4.74 Å². The second kappa shape index (κ2) is 6.39. The zero-order valence-corrected chi connectivity index (χ0v) is 13.9. The van der Waals surface area contributed by atoms with Crippen LogP contribution in [0.2, 0.25) is 0 Å². The van der Waals surface area contributed by atoms with E-state index in [0.717, 1.165) is 18.4 Å². The van der Waals surface area contributed by atoms with Crippen LogP contribution in [0.3, 0.4) is 0 Å². The van der Waals surface area contributed by atoms with Gasteiger partial charge in [-0.3, -0.25) is 4.79 Å². The summed E-state index contributed by atoms with van der Waals surface area (Å²) in [5.74, 6) is -0.633. The molecule has 2 rings (SSSR count). The molecule has 1 aromatic rings. The summed E-state index contributed by atoms with van der Waals surface area (Å²) < 4.78 is 5.86. The standard InChI is InChI=1S/C18H27NO3/c1-13(14-8-6-5-7-9-14)18(4,21)16(20)19-12-15-10-11-17(2,3)22-15/h5-9,13,15,21H,10-12H2,1-4H3,(H,19,20). The van der Waals surface area contributed by atoms with Crippen LogP contribution in [0.5, 0.6) is 0 Å². The van der Waals surface area contributed by atoms with E-state index in [0.29, 0.717) is 6.54 Å². The largest absolute Gasteiger partial charge is 0.380 e. The van der Waals surface area contributed by atoms with E-state index in [1.165, 1.54) is 0 Å². The van der Waals surface area contributed by atoms with Gasteiger partial charge >= 0.3 is 0 Å². The summed E-state index contributed by atoms with van der Waals surface area (Å²) in [5, 5.41) is 13.5. The van der Waals surface area contributed by atoms with Gasteiger partial charge in [0.2, 0.25) is 0 Å². The number of amides is 1. The highest BCUT2D eigenvalue weighted by Gasteiger charge is 2.38. The molecule has 122 valence electrons. The van der Waals surface area contributed by atoms with Gasteiger partial charge in [0, 0.05) is 12.5 Å². The Kier molecular flexibility index (Phi) is 4.93. The molecule has 1 aliphatic heterocycles. The van der Waals surface area contributed by atoms with Crippen molar-refractivity contribution in [3.63, 3.8) is 0 Å². The molecule has 0 bridgehead atoms. The van der Waals surface area contributed by atoms with Gasteiger partial charge in [0.05, 0.1) is 11.7 Å². The molecule has 4 nitrogen and oxygen atoms in total. The molecule has 3 unspecified atom stereocenters. The number of hydrogen-bond acceptors (Lipinski definition) is 3. The summed E-state index contributed by atoms with van der Waals surface area (Å²) in [6, 6.07) is 9.59. The lowest BCUT2D eigenvalue weighted by Crippen LogP contribution is -2.49. The zero-order valence-electron chi connectivity index (χ0n) is 13.9. The molecule has 22 heavy (non-hydrogen) atoms. The van der Waals surface area contributed by atoms with Crippen molar-refractivity contribution in [1.29, 1.82) is 0 Å². The molecule has 0 aromatic heterocycles. The molecular weight excluding hydrogens is 278 g/mol. The molecule has 2 N–H and O–H groups in total. The van der Waals surface area contributed by atoms with Crippen molar-refractivity contribution in [3.05, 3.63) is 35.9 Å². The molecule has 4 heteroatoms. The summed E-state index contributed by atoms with van der Waals surface area (Å²) in [6.07, 6.45) is 1.95. The predicted octanol–water partition coefficient (Wildman–Crippen LogP) is 2.61. The Hall–Kier alpha value is -1.39. The molecule has 0 aliphatic carbocycles. The SMILES string of the molecule is CC(c1ccccc1)C(C)(O)C(=O)NCC1CCC(C)(C)O1. The van der Waals surface area contributed by atoms with Crippen LogP contribution < -0.4 is 5.32 Å². The van der Waals surface area contributed by atoms with Crippen molar-refractivity contribution in [2.45, 2.75) is 63.8 Å². The van der Waals surface area contributed by atoms with Crippen molar-refractivity contribution >= 4 is 5.91 Å². The third kappa shape index (κ3) is 3.87. The number of ether oxygens (including phenoxy) is 1. The molecule has 1 aliphatic rings. The molecular formula is C18H27NO3. The number of benzene rings is 1. The first-order chi connectivity index (χ1) is 10.2. The predicted molar refractivity (Wildman–Crippen MR) is 86.7 cm³/mol. The van der Waals surface area contributed by atoms with Crippen LogP contribution in [0.15, 0.2) is 30.3 Å². The first-order valence-corrected chi connectivity index (χ1v) is 7.96. The Morgan fingerprint density at radius 2 is 2.09 bits per heavy atom. The van der Waals surface area contributed by atoms with Crippen LogP contribution in [-0.2, 0) is 9.53 Å². The van der Waals surface area contributed by atoms with E-state index in [1.807, 2.05) is 37.3 Å². The number of aliphatic hydroxyl groups is 1. The Bertz CT molecular complexity index is 510. The number of rotatable bonds is 5. The smallest absolute Gasteiger partial charge is 0.252 e. The Labute approximate surface area is 132 Å². The van der Waals surface area contributed by atoms with E-state index in [9.17, 15) is 9.90 Å². The lowest BCUT2D eigenvalue weighted by molar-refractivity contribution is -0.140. The molecule has 1 aromatic carbocycles. The fourth-order valence-corrected chi connectivity index (χ4v) is 2.87. The molecule has 1 amide bonds. The van der Waals surface area contributed by atoms with E-state index in [2.05, 4.69) is 19.2 Å². The minimum atomic E-state index is -1.45. The van der Waals surface area contributed by atoms with Gasteiger partial charge in [0.1, 0.15) is 5.60 Å². The minimum absolute atomic E-state index is 0.0294. The third-order valence-corrected chi connectivity index (χ3v) is 4.65. The van der Waals surface area contributed by atoms with Crippen LogP contribution in [0.1, 0.15) is 52.0 Å². The third-order valence-electron chi connectivity index (χ3n) is 4.65. The Morgan fingerprint density at radius 1 is 1.45 bits per heavy atom. The van der Waals surface area contributed by atoms with Gasteiger partial charge in [0.15, 0.2) is 0 Å². The second-order valence-electron chi connectivity index (χ2n) is 7.03. The molecule has 1 fully saturated rings. The molecule has 0 radical (unpaired) electrons. The van der Waals surface area contributed by atoms with E-state index >= 15 is 0 Å². The topological polar surface area (TPSA) is 58.6 Å². The monoisotopic (exact) mass is 305 g/mol. The highest BCUT2D eigenvalue weighted by atomic mass is 16.5. The number of carbonyl (C=O) groups is 1. The van der Waals surface area contributed by atoms with Gasteiger partial charge in [-0.25, -0.2) is 0 Å². The Balaban J connectivity index is 1.93. The highest BCUT2D eigenvalue weighted by molar-refractivity contribution is 5.85. The number of nitrogens with one attached hydrogen (secondary N) is 1. The van der Waals surface area contributed by atoms with Crippen molar-refractivity contribution in [1.82, 2.24) is 5.32 Å². The average Bonchev–Trinajstić information content (AvgIpc) is 2.84. The number of hydrogen-bond donors (Lipinski definition) is 2. The second-order valence-corrected chi connectivity index (χ2v) is 7.03. The quantitative estimate of drug-likeness (QED) is 0.879. The van der Waals surface area contributed by atoms with Crippen LogP contribution in [0, 0.1) is 0 Å². The summed E-state index contributed by atoms with van der Waals surface area (Å²) >= 11 is 0. The van der Waals surface area contributed by atoms with Gasteiger partial charge in [0.25, 0.3) is 5.91 Å². The lowest BCUT2D eigenvalue weighted by atomic mass is 9.84. The Morgan fingerprint density at radius 3 is 2.64 bits per heavy atom. The van der Waals surface area contributed by atoms with E-state index < -0.39 is 5.60 Å². The lowest BCUT2D eigenvalue weighted by Gasteiger charge is -2.30. The van der Waals surface area contributed by atoms with Crippen molar-refractivity contribution in [2.24, 2.45) is 0 Å². The highest BCUT2D eigenvalue weighted by Crippen LogP contribution is 2.30. The summed E-state index contributed by atoms with van der Waals surface area (Å²) in [6.45, 7) is 7.99. The van der Waals surface area contributed by atoms with Gasteiger partial charge in [-0.15, -0.1) is 0 Å². The normalized spacial score (nSPS) is 24.5. The first-order valence-electron chi connectivity index (χ1n) is 7.96. The maximum absolute atomic E-state index is 12.4. The van der Waals surface area contributed by atoms with Crippen LogP contribution in [0.4, 0.5) is 0 Å². The molecule has 1 heterocycles. The van der Waals surface area contributed by atoms with Gasteiger partial charge < -0.3 is 15.2 Å². The van der Waals surface area contributed by atoms with Crippen molar-refractivity contribution in [3.8, 4) is 0 Å². The molecule has 1 saturated heterocycles. The summed E-state index contributed by atoms with van der Waals surface area (Å²) in [4.78, 5) is 12.4. The fourth-order valence-electron chi connectivity index (χ4n) is 2.87. The fraction of sp³-hybridized carbons (Fsp3) is 0.611. The summed E-state index contributed by atoms with van der Waals surface area (Å²) in [7, 11) is 0. The maximum atomic E-state index is 12.4. The zero-order chi connectivity index (χ0) is 16.4. The first kappa shape index (κ1) is 17.0. The molecule has 0 saturated carbocycles. The van der Waals surface area contributed by atoms with Gasteiger partial charge in [-0.2, -0.15) is 0 Å². The number of carbonyl (C=O) groups excluding carboxylic acids is 1. The van der Waals surface area contributed by atoms with Crippen LogP contribution >= 0.6 is 0 Å². The molecule has 3 atom stereocenters. The van der Waals surface area contributed by atoms with Gasteiger partial charge in [-0.1, -0.05) is 37.3 Å². The van der Waals surface area contributed by atoms with Crippen LogP contribution in [0.25, 0.3) is 0 Å². The van der Waals surface area contributed by atoms with Crippen molar-refractivity contribution < 1.29 is 14.6 Å². The van der Waals surface area contributed by atoms with Crippen LogP contribution in [-0.4, -0.2) is 34.9 Å². The minimum Gasteiger partial charge on any atom is -0.380 e. The molecule has 0 spiro atoms. The van der Waals surface area contributed by atoms with E-state index in [-0.39, 0.29) is 23.5 Å². The van der Waals surface area contributed by atoms with Gasteiger partial charge in [-0.05, 0) is 39.2 Å². The average molecular weight is 305 g/mol. The maximum Gasteiger partial charge on any atom is 0.252 e.